The molecule has 0 unspecified atom stereocenters. The molecule has 0 aliphatic carbocycles. The number of hydrogen-bond acceptors (Lipinski definition) is 5. The third kappa shape index (κ3) is 4.25. The van der Waals surface area contributed by atoms with Crippen LogP contribution in [0, 0.1) is 6.92 Å². The molecule has 26 heavy (non-hydrogen) atoms. The highest BCUT2D eigenvalue weighted by Crippen LogP contribution is 2.25. The Hall–Kier alpha value is -1.90. The Bertz CT molecular complexity index is 906. The highest BCUT2D eigenvalue weighted by molar-refractivity contribution is 7.89. The van der Waals surface area contributed by atoms with Crippen LogP contribution in [0.25, 0.3) is 0 Å². The lowest BCUT2D eigenvalue weighted by molar-refractivity contribution is 0.0960. The van der Waals surface area contributed by atoms with Gasteiger partial charge in [-0.15, -0.1) is 11.3 Å². The van der Waals surface area contributed by atoms with E-state index in [2.05, 4.69) is 5.32 Å². The Morgan fingerprint density at radius 3 is 2.81 bits per heavy atom. The van der Waals surface area contributed by atoms with E-state index in [1.165, 1.54) is 15.6 Å². The Morgan fingerprint density at radius 1 is 1.31 bits per heavy atom. The molecule has 3 rings (SSSR count). The van der Waals surface area contributed by atoms with E-state index in [0.29, 0.717) is 24.4 Å². The fraction of sp³-hybridized carbons (Fsp3) is 0.389. The van der Waals surface area contributed by atoms with Crippen LogP contribution in [-0.4, -0.2) is 44.6 Å². The fourth-order valence-corrected chi connectivity index (χ4v) is 5.07. The molecule has 0 saturated heterocycles. The van der Waals surface area contributed by atoms with Crippen molar-refractivity contribution in [3.8, 4) is 5.75 Å². The predicted octanol–water partition coefficient (Wildman–Crippen LogP) is 2.18. The number of fused-ring (bicyclic) bond motifs is 1. The molecule has 140 valence electrons. The van der Waals surface area contributed by atoms with E-state index < -0.39 is 10.0 Å². The van der Waals surface area contributed by atoms with Gasteiger partial charge in [-0.05, 0) is 53.6 Å². The summed E-state index contributed by atoms with van der Waals surface area (Å²) in [6, 6.07) is 7.52. The topological polar surface area (TPSA) is 75.7 Å². The molecule has 2 heterocycles. The van der Waals surface area contributed by atoms with Crippen molar-refractivity contribution >= 4 is 27.3 Å². The maximum Gasteiger partial charge on any atom is 0.261 e. The molecule has 1 aromatic heterocycles. The van der Waals surface area contributed by atoms with Gasteiger partial charge in [0.1, 0.15) is 5.75 Å². The van der Waals surface area contributed by atoms with Crippen LogP contribution in [0.3, 0.4) is 0 Å². The number of benzene rings is 1. The summed E-state index contributed by atoms with van der Waals surface area (Å²) < 4.78 is 31.9. The first kappa shape index (κ1) is 18.9. The van der Waals surface area contributed by atoms with Gasteiger partial charge in [-0.1, -0.05) is 6.07 Å². The molecule has 0 radical (unpaired) electrons. The van der Waals surface area contributed by atoms with Crippen LogP contribution in [-0.2, 0) is 23.0 Å². The van der Waals surface area contributed by atoms with Gasteiger partial charge < -0.3 is 10.1 Å². The minimum atomic E-state index is -3.42. The lowest BCUT2D eigenvalue weighted by atomic mass is 10.0. The smallest absolute Gasteiger partial charge is 0.261 e. The molecule has 8 heteroatoms. The van der Waals surface area contributed by atoms with Gasteiger partial charge in [-0.25, -0.2) is 8.42 Å². The Balaban J connectivity index is 1.57. The monoisotopic (exact) mass is 394 g/mol. The zero-order valence-electron chi connectivity index (χ0n) is 14.8. The Kier molecular flexibility index (Phi) is 5.64. The van der Waals surface area contributed by atoms with Gasteiger partial charge in [0, 0.05) is 19.6 Å². The lowest BCUT2D eigenvalue weighted by Crippen LogP contribution is -2.40. The molecule has 0 bridgehead atoms. The number of ether oxygens (including phenoxy) is 1. The zero-order chi connectivity index (χ0) is 18.7. The molecule has 1 aliphatic heterocycles. The van der Waals surface area contributed by atoms with Gasteiger partial charge in [-0.3, -0.25) is 4.79 Å². The van der Waals surface area contributed by atoms with E-state index in [1.54, 1.807) is 13.2 Å². The van der Waals surface area contributed by atoms with Crippen LogP contribution >= 0.6 is 11.3 Å². The van der Waals surface area contributed by atoms with E-state index >= 15 is 0 Å². The molecule has 6 nitrogen and oxygen atoms in total. The van der Waals surface area contributed by atoms with Crippen molar-refractivity contribution in [1.82, 2.24) is 9.62 Å². The van der Waals surface area contributed by atoms with Crippen molar-refractivity contribution in [3.05, 3.63) is 51.2 Å². The number of thiophene rings is 1. The van der Waals surface area contributed by atoms with E-state index in [4.69, 9.17) is 4.74 Å². The summed E-state index contributed by atoms with van der Waals surface area (Å²) in [4.78, 5) is 12.6. The highest BCUT2D eigenvalue weighted by Gasteiger charge is 2.26. The SMILES string of the molecule is COc1ccc2c(c1)CCN(S(=O)(=O)CCNC(=O)c1cc(C)cs1)C2. The first-order valence-electron chi connectivity index (χ1n) is 8.36. The number of rotatable bonds is 6. The number of carbonyl (C=O) groups is 1. The molecule has 1 aliphatic rings. The van der Waals surface area contributed by atoms with Crippen molar-refractivity contribution in [1.29, 1.82) is 0 Å². The second-order valence-corrected chi connectivity index (χ2v) is 9.28. The normalized spacial score (nSPS) is 14.7. The molecule has 2 aromatic rings. The lowest BCUT2D eigenvalue weighted by Gasteiger charge is -2.28. The molecule has 0 spiro atoms. The quantitative estimate of drug-likeness (QED) is 0.815. The summed E-state index contributed by atoms with van der Waals surface area (Å²) in [5, 5.41) is 4.59. The molecule has 1 N–H and O–H groups in total. The number of hydrogen-bond donors (Lipinski definition) is 1. The maximum absolute atomic E-state index is 12.6. The van der Waals surface area contributed by atoms with Crippen LogP contribution in [0.4, 0.5) is 0 Å². The van der Waals surface area contributed by atoms with E-state index in [9.17, 15) is 13.2 Å². The third-order valence-corrected chi connectivity index (χ3v) is 7.25. The van der Waals surface area contributed by atoms with E-state index in [-0.39, 0.29) is 18.2 Å². The standard InChI is InChI=1S/C18H22N2O4S2/c1-13-9-17(25-12-13)18(21)19-6-8-26(22,23)20-7-5-14-10-16(24-2)4-3-15(14)11-20/h3-4,9-10,12H,5-8,11H2,1-2H3,(H,19,21). The van der Waals surface area contributed by atoms with Gasteiger partial charge in [0.25, 0.3) is 5.91 Å². The summed E-state index contributed by atoms with van der Waals surface area (Å²) in [5.74, 6) is 0.454. The number of carbonyl (C=O) groups excluding carboxylic acids is 1. The van der Waals surface area contributed by atoms with Gasteiger partial charge >= 0.3 is 0 Å². The minimum absolute atomic E-state index is 0.101. The summed E-state index contributed by atoms with van der Waals surface area (Å²) in [6.07, 6.45) is 0.659. The first-order chi connectivity index (χ1) is 12.4. The van der Waals surface area contributed by atoms with Crippen LogP contribution in [0.5, 0.6) is 5.75 Å². The Morgan fingerprint density at radius 2 is 2.12 bits per heavy atom. The van der Waals surface area contributed by atoms with Gasteiger partial charge in [0.05, 0.1) is 17.7 Å². The van der Waals surface area contributed by atoms with Crippen LogP contribution in [0.1, 0.15) is 26.4 Å². The van der Waals surface area contributed by atoms with Crippen molar-refractivity contribution in [3.63, 3.8) is 0 Å². The number of sulfonamides is 1. The van der Waals surface area contributed by atoms with Gasteiger partial charge in [0.2, 0.25) is 10.0 Å². The summed E-state index contributed by atoms with van der Waals surface area (Å²) >= 11 is 1.36. The largest absolute Gasteiger partial charge is 0.497 e. The first-order valence-corrected chi connectivity index (χ1v) is 10.8. The number of nitrogens with zero attached hydrogens (tertiary/aromatic N) is 1. The van der Waals surface area contributed by atoms with Crippen molar-refractivity contribution in [2.45, 2.75) is 19.9 Å². The highest BCUT2D eigenvalue weighted by atomic mass is 32.2. The summed E-state index contributed by atoms with van der Waals surface area (Å²) in [5.41, 5.74) is 3.15. The summed E-state index contributed by atoms with van der Waals surface area (Å²) in [7, 11) is -1.81. The molecular formula is C18H22N2O4S2. The van der Waals surface area contributed by atoms with E-state index in [0.717, 1.165) is 22.4 Å². The Labute approximate surface area is 157 Å². The average molecular weight is 395 g/mol. The van der Waals surface area contributed by atoms with Crippen LogP contribution in [0.2, 0.25) is 0 Å². The van der Waals surface area contributed by atoms with Gasteiger partial charge in [-0.2, -0.15) is 4.31 Å². The summed E-state index contributed by atoms with van der Waals surface area (Å²) in [6.45, 7) is 2.83. The van der Waals surface area contributed by atoms with Crippen molar-refractivity contribution in [2.75, 3.05) is 26.0 Å². The second kappa shape index (κ2) is 7.77. The molecule has 1 aromatic carbocycles. The number of aryl methyl sites for hydroxylation is 1. The van der Waals surface area contributed by atoms with Crippen LogP contribution < -0.4 is 10.1 Å². The number of methoxy groups -OCH3 is 1. The predicted molar refractivity (Wildman–Crippen MR) is 102 cm³/mol. The minimum Gasteiger partial charge on any atom is -0.497 e. The zero-order valence-corrected chi connectivity index (χ0v) is 16.5. The average Bonchev–Trinajstić information content (AvgIpc) is 3.07. The van der Waals surface area contributed by atoms with E-state index in [1.807, 2.05) is 30.5 Å². The molecule has 0 atom stereocenters. The third-order valence-electron chi connectivity index (χ3n) is 4.38. The van der Waals surface area contributed by atoms with Crippen LogP contribution in [0.15, 0.2) is 29.6 Å². The molecule has 0 saturated carbocycles. The fourth-order valence-electron chi connectivity index (χ4n) is 2.93. The second-order valence-electron chi connectivity index (χ2n) is 6.28. The maximum atomic E-state index is 12.6. The molecule has 1 amide bonds. The molecule has 0 fully saturated rings. The molecular weight excluding hydrogens is 372 g/mol. The number of amides is 1. The number of nitrogens with one attached hydrogen (secondary N) is 1. The van der Waals surface area contributed by atoms with Crippen molar-refractivity contribution in [2.24, 2.45) is 0 Å². The van der Waals surface area contributed by atoms with Gasteiger partial charge in [0.15, 0.2) is 0 Å². The van der Waals surface area contributed by atoms with Crippen molar-refractivity contribution < 1.29 is 17.9 Å².